The molecule has 27 heavy (non-hydrogen) atoms. The summed E-state index contributed by atoms with van der Waals surface area (Å²) in [6.07, 6.45) is 6.24. The van der Waals surface area contributed by atoms with Crippen LogP contribution in [0, 0.1) is 0 Å². The smallest absolute Gasteiger partial charge is 0.251 e. The molecule has 0 bridgehead atoms. The molecule has 1 aromatic carbocycles. The highest BCUT2D eigenvalue weighted by atomic mass is 16.5. The fourth-order valence-corrected chi connectivity index (χ4v) is 2.88. The molecule has 1 N–H and O–H groups in total. The Balaban J connectivity index is 1.73. The Hall–Kier alpha value is -3.35. The Morgan fingerprint density at radius 2 is 2.07 bits per heavy atom. The van der Waals surface area contributed by atoms with Gasteiger partial charge in [-0.3, -0.25) is 9.20 Å². The Morgan fingerprint density at radius 3 is 2.81 bits per heavy atom. The third-order valence-corrected chi connectivity index (χ3v) is 4.13. The van der Waals surface area contributed by atoms with Crippen molar-refractivity contribution >= 4 is 17.6 Å². The first-order valence-corrected chi connectivity index (χ1v) is 8.63. The van der Waals surface area contributed by atoms with Crippen LogP contribution in [0.5, 0.6) is 11.5 Å². The molecule has 0 unspecified atom stereocenters. The van der Waals surface area contributed by atoms with Gasteiger partial charge in [-0.2, -0.15) is 0 Å². The minimum absolute atomic E-state index is 0.185. The van der Waals surface area contributed by atoms with Gasteiger partial charge in [-0.25, -0.2) is 0 Å². The summed E-state index contributed by atoms with van der Waals surface area (Å²) in [4.78, 5) is 12.6. The zero-order chi connectivity index (χ0) is 19.2. The molecular weight excluding hydrogens is 344 g/mol. The first-order valence-electron chi connectivity index (χ1n) is 8.63. The topological polar surface area (TPSA) is 77.8 Å². The zero-order valence-electron chi connectivity index (χ0n) is 15.6. The molecule has 3 aromatic rings. The summed E-state index contributed by atoms with van der Waals surface area (Å²) in [7, 11) is 3.13. The number of nitrogens with one attached hydrogen (secondary N) is 1. The second-order valence-electron chi connectivity index (χ2n) is 5.85. The molecule has 0 saturated heterocycles. The average Bonchev–Trinajstić information content (AvgIpc) is 3.10. The number of hydrogen-bond acceptors (Lipinski definition) is 5. The van der Waals surface area contributed by atoms with Crippen LogP contribution in [0.15, 0.2) is 42.6 Å². The van der Waals surface area contributed by atoms with Crippen LogP contribution in [0.2, 0.25) is 0 Å². The van der Waals surface area contributed by atoms with Crippen LogP contribution in [0.4, 0.5) is 0 Å². The number of carbonyl (C=O) groups is 1. The second kappa shape index (κ2) is 8.35. The van der Waals surface area contributed by atoms with Crippen molar-refractivity contribution in [2.24, 2.45) is 0 Å². The Bertz CT molecular complexity index is 979. The lowest BCUT2D eigenvalue weighted by molar-refractivity contribution is 0.0953. The largest absolute Gasteiger partial charge is 0.493 e. The van der Waals surface area contributed by atoms with Gasteiger partial charge in [0, 0.05) is 30.3 Å². The van der Waals surface area contributed by atoms with Crippen molar-refractivity contribution in [3.8, 4) is 11.5 Å². The second-order valence-corrected chi connectivity index (χ2v) is 5.85. The van der Waals surface area contributed by atoms with E-state index in [4.69, 9.17) is 9.47 Å². The lowest BCUT2D eigenvalue weighted by Crippen LogP contribution is -2.26. The molecule has 140 valence electrons. The average molecular weight is 366 g/mol. The fourth-order valence-electron chi connectivity index (χ4n) is 2.88. The Labute approximate surface area is 157 Å². The maximum absolute atomic E-state index is 12.6. The van der Waals surface area contributed by atoms with Crippen LogP contribution in [0.3, 0.4) is 0 Å². The van der Waals surface area contributed by atoms with Crippen molar-refractivity contribution in [3.63, 3.8) is 0 Å². The van der Waals surface area contributed by atoms with Gasteiger partial charge in [0.05, 0.1) is 14.2 Å². The molecule has 7 nitrogen and oxygen atoms in total. The molecule has 2 heterocycles. The van der Waals surface area contributed by atoms with E-state index in [1.165, 1.54) is 0 Å². The monoisotopic (exact) mass is 366 g/mol. The number of rotatable bonds is 7. The fraction of sp³-hybridized carbons (Fsp3) is 0.250. The maximum Gasteiger partial charge on any atom is 0.251 e. The molecule has 0 radical (unpaired) electrons. The summed E-state index contributed by atoms with van der Waals surface area (Å²) >= 11 is 0. The van der Waals surface area contributed by atoms with Crippen molar-refractivity contribution in [2.75, 3.05) is 20.8 Å². The van der Waals surface area contributed by atoms with E-state index in [1.54, 1.807) is 26.4 Å². The quantitative estimate of drug-likeness (QED) is 0.696. The van der Waals surface area contributed by atoms with Gasteiger partial charge in [0.15, 0.2) is 17.1 Å². The summed E-state index contributed by atoms with van der Waals surface area (Å²) in [6.45, 7) is 2.35. The minimum atomic E-state index is -0.185. The summed E-state index contributed by atoms with van der Waals surface area (Å²) < 4.78 is 12.7. The zero-order valence-corrected chi connectivity index (χ0v) is 15.6. The van der Waals surface area contributed by atoms with Gasteiger partial charge in [0.25, 0.3) is 5.91 Å². The number of hydrogen-bond donors (Lipinski definition) is 1. The van der Waals surface area contributed by atoms with Crippen molar-refractivity contribution < 1.29 is 14.3 Å². The first-order chi connectivity index (χ1) is 13.2. The summed E-state index contributed by atoms with van der Waals surface area (Å²) in [5.41, 5.74) is 2.08. The summed E-state index contributed by atoms with van der Waals surface area (Å²) in [6, 6.07) is 9.18. The van der Waals surface area contributed by atoms with Crippen LogP contribution >= 0.6 is 0 Å². The highest BCUT2D eigenvalue weighted by Crippen LogP contribution is 2.33. The number of allylic oxidation sites excluding steroid dienone is 1. The number of ether oxygens (including phenoxy) is 2. The molecule has 7 heteroatoms. The van der Waals surface area contributed by atoms with Gasteiger partial charge in [-0.1, -0.05) is 18.2 Å². The molecule has 0 aliphatic rings. The summed E-state index contributed by atoms with van der Waals surface area (Å²) in [5.74, 6) is 1.73. The number of nitrogens with zero attached hydrogens (tertiary/aromatic N) is 3. The molecule has 2 aromatic heterocycles. The van der Waals surface area contributed by atoms with E-state index in [-0.39, 0.29) is 5.91 Å². The van der Waals surface area contributed by atoms with Crippen LogP contribution in [0.25, 0.3) is 11.7 Å². The van der Waals surface area contributed by atoms with Crippen molar-refractivity contribution in [1.29, 1.82) is 0 Å². The third kappa shape index (κ3) is 3.92. The van der Waals surface area contributed by atoms with Crippen LogP contribution < -0.4 is 14.8 Å². The highest BCUT2D eigenvalue weighted by molar-refractivity contribution is 5.96. The van der Waals surface area contributed by atoms with Gasteiger partial charge in [-0.05, 0) is 31.2 Å². The van der Waals surface area contributed by atoms with Crippen molar-refractivity contribution in [3.05, 3.63) is 59.6 Å². The van der Waals surface area contributed by atoms with Crippen LogP contribution in [-0.2, 0) is 6.42 Å². The SMILES string of the molecule is C/C=C/c1cc(C(=O)NCCc2nnc3ccccn23)cc(OC)c1OC. The number of benzene rings is 1. The molecule has 0 aliphatic carbocycles. The number of fused-ring (bicyclic) bond motifs is 1. The van der Waals surface area contributed by atoms with Gasteiger partial charge >= 0.3 is 0 Å². The predicted molar refractivity (Wildman–Crippen MR) is 103 cm³/mol. The van der Waals surface area contributed by atoms with Crippen molar-refractivity contribution in [1.82, 2.24) is 19.9 Å². The molecule has 0 saturated carbocycles. The van der Waals surface area contributed by atoms with E-state index in [2.05, 4.69) is 15.5 Å². The molecule has 0 spiro atoms. The normalized spacial score (nSPS) is 11.1. The van der Waals surface area contributed by atoms with Crippen LogP contribution in [0.1, 0.15) is 28.7 Å². The van der Waals surface area contributed by atoms with Crippen molar-refractivity contribution in [2.45, 2.75) is 13.3 Å². The highest BCUT2D eigenvalue weighted by Gasteiger charge is 2.15. The number of carbonyl (C=O) groups excluding carboxylic acids is 1. The molecule has 3 rings (SSSR count). The lowest BCUT2D eigenvalue weighted by atomic mass is 10.1. The first kappa shape index (κ1) is 18.4. The van der Waals surface area contributed by atoms with Crippen LogP contribution in [-0.4, -0.2) is 41.3 Å². The molecule has 0 atom stereocenters. The maximum atomic E-state index is 12.6. The van der Waals surface area contributed by atoms with E-state index in [1.807, 2.05) is 47.9 Å². The molecule has 0 aliphatic heterocycles. The molecular formula is C20H22N4O3. The molecule has 0 fully saturated rings. The number of methoxy groups -OCH3 is 2. The Kier molecular flexibility index (Phi) is 5.71. The third-order valence-electron chi connectivity index (χ3n) is 4.13. The van der Waals surface area contributed by atoms with Gasteiger partial charge in [0.2, 0.25) is 0 Å². The summed E-state index contributed by atoms with van der Waals surface area (Å²) in [5, 5.41) is 11.2. The van der Waals surface area contributed by atoms with E-state index >= 15 is 0 Å². The van der Waals surface area contributed by atoms with Gasteiger partial charge < -0.3 is 14.8 Å². The van der Waals surface area contributed by atoms with E-state index < -0.39 is 0 Å². The van der Waals surface area contributed by atoms with E-state index in [9.17, 15) is 4.79 Å². The number of aromatic nitrogens is 3. The standard InChI is InChI=1S/C20H22N4O3/c1-4-7-14-12-15(13-16(26-2)19(14)27-3)20(25)21-10-9-18-23-22-17-8-5-6-11-24(17)18/h4-8,11-13H,9-10H2,1-3H3,(H,21,25)/b7-4+. The number of pyridine rings is 1. The minimum Gasteiger partial charge on any atom is -0.493 e. The number of amides is 1. The van der Waals surface area contributed by atoms with Gasteiger partial charge in [0.1, 0.15) is 5.82 Å². The van der Waals surface area contributed by atoms with E-state index in [0.717, 1.165) is 17.0 Å². The molecule has 1 amide bonds. The lowest BCUT2D eigenvalue weighted by Gasteiger charge is -2.13. The predicted octanol–water partition coefficient (Wildman–Crippen LogP) is 2.75. The van der Waals surface area contributed by atoms with Gasteiger partial charge in [-0.15, -0.1) is 10.2 Å². The Morgan fingerprint density at radius 1 is 1.22 bits per heavy atom. The van der Waals surface area contributed by atoms with E-state index in [0.29, 0.717) is 30.0 Å².